The van der Waals surface area contributed by atoms with Gasteiger partial charge in [0.2, 0.25) is 5.91 Å². The molecule has 136 valence electrons. The summed E-state index contributed by atoms with van der Waals surface area (Å²) in [6.45, 7) is 0. The minimum absolute atomic E-state index is 0.0672. The number of aromatic nitrogens is 3. The van der Waals surface area contributed by atoms with Crippen LogP contribution in [0, 0.1) is 5.82 Å². The van der Waals surface area contributed by atoms with Gasteiger partial charge in [0, 0.05) is 40.3 Å². The van der Waals surface area contributed by atoms with E-state index in [9.17, 15) is 22.4 Å². The lowest BCUT2D eigenvalue weighted by Gasteiger charge is -2.17. The summed E-state index contributed by atoms with van der Waals surface area (Å²) in [5.74, 6) is -2.37. The lowest BCUT2D eigenvalue weighted by atomic mass is 9.90. The number of H-pyrrole nitrogens is 1. The van der Waals surface area contributed by atoms with E-state index in [0.29, 0.717) is 33.8 Å². The molecule has 0 aliphatic rings. The van der Waals surface area contributed by atoms with Crippen LogP contribution < -0.4 is 5.73 Å². The number of nitrogens with zero attached hydrogens (tertiary/aromatic N) is 2. The molecular formula is C18H10F4N4O. The van der Waals surface area contributed by atoms with Gasteiger partial charge in [-0.25, -0.2) is 9.37 Å². The minimum atomic E-state index is -4.90. The average Bonchev–Trinajstić information content (AvgIpc) is 3.09. The molecule has 0 aliphatic carbocycles. The average molecular weight is 374 g/mol. The first-order chi connectivity index (χ1) is 12.8. The Bertz CT molecular complexity index is 1210. The maximum Gasteiger partial charge on any atom is 0.417 e. The Labute approximate surface area is 148 Å². The number of rotatable bonds is 2. The highest BCUT2D eigenvalue weighted by Crippen LogP contribution is 2.43. The molecule has 2 heterocycles. The molecule has 0 saturated carbocycles. The monoisotopic (exact) mass is 374 g/mol. The molecule has 2 aromatic carbocycles. The highest BCUT2D eigenvalue weighted by atomic mass is 19.4. The summed E-state index contributed by atoms with van der Waals surface area (Å²) in [5, 5.41) is 1.41. The standard InChI is InChI=1S/C18H10F4N4O/c19-9-2-11(17(23)27)15(14(3-9)18(20,21)22)10-1-8-4-25-7-26-16(8)13-6-24-5-12(10)13/h1-7H,(H2,23,27)(H,25,26). The summed E-state index contributed by atoms with van der Waals surface area (Å²) < 4.78 is 54.7. The van der Waals surface area contributed by atoms with Crippen molar-refractivity contribution in [3.63, 3.8) is 0 Å². The first kappa shape index (κ1) is 17.0. The van der Waals surface area contributed by atoms with Crippen LogP contribution in [0.5, 0.6) is 0 Å². The van der Waals surface area contributed by atoms with Gasteiger partial charge in [0.05, 0.1) is 23.0 Å². The number of aromatic amines is 1. The van der Waals surface area contributed by atoms with Gasteiger partial charge in [0.25, 0.3) is 0 Å². The van der Waals surface area contributed by atoms with Crippen molar-refractivity contribution in [3.8, 4) is 11.1 Å². The van der Waals surface area contributed by atoms with E-state index in [4.69, 9.17) is 5.73 Å². The number of primary amides is 1. The molecule has 27 heavy (non-hydrogen) atoms. The Morgan fingerprint density at radius 2 is 1.78 bits per heavy atom. The van der Waals surface area contributed by atoms with Crippen molar-refractivity contribution in [2.45, 2.75) is 6.18 Å². The van der Waals surface area contributed by atoms with Crippen LogP contribution in [0.4, 0.5) is 17.6 Å². The van der Waals surface area contributed by atoms with E-state index in [0.717, 1.165) is 0 Å². The molecule has 1 amide bonds. The number of alkyl halides is 3. The number of hydrogen-bond acceptors (Lipinski definition) is 3. The van der Waals surface area contributed by atoms with Gasteiger partial charge in [-0.2, -0.15) is 13.2 Å². The fraction of sp³-hybridized carbons (Fsp3) is 0.0556. The summed E-state index contributed by atoms with van der Waals surface area (Å²) in [6, 6.07) is 2.50. The van der Waals surface area contributed by atoms with Gasteiger partial charge < -0.3 is 10.7 Å². The largest absolute Gasteiger partial charge is 0.417 e. The number of carbonyl (C=O) groups excluding carboxylic acids is 1. The zero-order chi connectivity index (χ0) is 19.3. The van der Waals surface area contributed by atoms with E-state index in [-0.39, 0.29) is 5.56 Å². The van der Waals surface area contributed by atoms with Crippen LogP contribution in [0.3, 0.4) is 0 Å². The summed E-state index contributed by atoms with van der Waals surface area (Å²) in [5.41, 5.74) is 3.62. The Morgan fingerprint density at radius 1 is 1.04 bits per heavy atom. The fourth-order valence-electron chi connectivity index (χ4n) is 3.20. The second-order valence-electron chi connectivity index (χ2n) is 5.91. The molecule has 5 nitrogen and oxygen atoms in total. The number of nitrogens with two attached hydrogens (primary N) is 1. The molecule has 0 fully saturated rings. The van der Waals surface area contributed by atoms with Gasteiger partial charge in [-0.1, -0.05) is 0 Å². The maximum atomic E-state index is 13.8. The number of hydrogen-bond donors (Lipinski definition) is 2. The highest BCUT2D eigenvalue weighted by molar-refractivity contribution is 6.14. The lowest BCUT2D eigenvalue weighted by molar-refractivity contribution is -0.137. The molecule has 0 saturated heterocycles. The number of carbonyl (C=O) groups is 1. The van der Waals surface area contributed by atoms with Crippen LogP contribution in [0.1, 0.15) is 15.9 Å². The van der Waals surface area contributed by atoms with Crippen LogP contribution in [-0.2, 0) is 6.18 Å². The van der Waals surface area contributed by atoms with Gasteiger partial charge in [0.1, 0.15) is 5.82 Å². The first-order valence-electron chi connectivity index (χ1n) is 7.67. The molecular weight excluding hydrogens is 364 g/mol. The molecule has 3 N–H and O–H groups in total. The highest BCUT2D eigenvalue weighted by Gasteiger charge is 2.37. The summed E-state index contributed by atoms with van der Waals surface area (Å²) in [6.07, 6.45) is 0.861. The predicted molar refractivity (Wildman–Crippen MR) is 90.3 cm³/mol. The van der Waals surface area contributed by atoms with Crippen molar-refractivity contribution < 1.29 is 22.4 Å². The van der Waals surface area contributed by atoms with Crippen molar-refractivity contribution in [3.05, 3.63) is 60.1 Å². The smallest absolute Gasteiger partial charge is 0.366 e. The zero-order valence-electron chi connectivity index (χ0n) is 13.4. The SMILES string of the molecule is NC(=O)c1cc(F)cc(C(F)(F)F)c1-c1cc2cnc[nH]c2c2cncc12. The molecule has 0 aliphatic heterocycles. The van der Waals surface area contributed by atoms with Gasteiger partial charge in [0.15, 0.2) is 0 Å². The van der Waals surface area contributed by atoms with E-state index in [1.165, 1.54) is 31.0 Å². The van der Waals surface area contributed by atoms with Crippen LogP contribution >= 0.6 is 0 Å². The Morgan fingerprint density at radius 3 is 2.48 bits per heavy atom. The second kappa shape index (κ2) is 5.76. The maximum absolute atomic E-state index is 13.8. The topological polar surface area (TPSA) is 84.7 Å². The number of halogens is 4. The van der Waals surface area contributed by atoms with Gasteiger partial charge in [-0.3, -0.25) is 9.78 Å². The van der Waals surface area contributed by atoms with Gasteiger partial charge in [-0.05, 0) is 23.8 Å². The number of nitrogens with one attached hydrogen (secondary N) is 1. The summed E-state index contributed by atoms with van der Waals surface area (Å²) in [4.78, 5) is 22.7. The van der Waals surface area contributed by atoms with Gasteiger partial charge in [-0.15, -0.1) is 0 Å². The van der Waals surface area contributed by atoms with Crippen molar-refractivity contribution in [1.29, 1.82) is 0 Å². The van der Waals surface area contributed by atoms with E-state index in [1.54, 1.807) is 0 Å². The molecule has 0 radical (unpaired) electrons. The van der Waals surface area contributed by atoms with Gasteiger partial charge >= 0.3 is 6.18 Å². The minimum Gasteiger partial charge on any atom is -0.366 e. The van der Waals surface area contributed by atoms with E-state index >= 15 is 0 Å². The third-order valence-corrected chi connectivity index (χ3v) is 4.29. The zero-order valence-corrected chi connectivity index (χ0v) is 13.4. The fourth-order valence-corrected chi connectivity index (χ4v) is 3.20. The molecule has 0 unspecified atom stereocenters. The molecule has 0 spiro atoms. The predicted octanol–water partition coefficient (Wildman–Crippen LogP) is 4.03. The molecule has 0 bridgehead atoms. The van der Waals surface area contributed by atoms with Crippen LogP contribution in [0.2, 0.25) is 0 Å². The Kier molecular flexibility index (Phi) is 3.62. The number of benzene rings is 2. The van der Waals surface area contributed by atoms with Crippen LogP contribution in [0.15, 0.2) is 43.1 Å². The third kappa shape index (κ3) is 2.67. The Hall–Kier alpha value is -3.49. The van der Waals surface area contributed by atoms with Crippen molar-refractivity contribution >= 4 is 27.6 Å². The van der Waals surface area contributed by atoms with Crippen LogP contribution in [-0.4, -0.2) is 20.9 Å². The van der Waals surface area contributed by atoms with Crippen molar-refractivity contribution in [2.24, 2.45) is 5.73 Å². The van der Waals surface area contributed by atoms with Crippen molar-refractivity contribution in [1.82, 2.24) is 15.0 Å². The molecule has 4 aromatic rings. The lowest BCUT2D eigenvalue weighted by Crippen LogP contribution is -2.17. The second-order valence-corrected chi connectivity index (χ2v) is 5.91. The number of fused-ring (bicyclic) bond motifs is 3. The van der Waals surface area contributed by atoms with E-state index < -0.39 is 34.6 Å². The van der Waals surface area contributed by atoms with Crippen molar-refractivity contribution in [2.75, 3.05) is 0 Å². The summed E-state index contributed by atoms with van der Waals surface area (Å²) in [7, 11) is 0. The normalized spacial score (nSPS) is 12.0. The quantitative estimate of drug-likeness (QED) is 0.520. The molecule has 9 heteroatoms. The van der Waals surface area contributed by atoms with E-state index in [1.807, 2.05) is 0 Å². The Balaban J connectivity index is 2.21. The molecule has 4 rings (SSSR count). The number of amides is 1. The third-order valence-electron chi connectivity index (χ3n) is 4.29. The summed E-state index contributed by atoms with van der Waals surface area (Å²) >= 11 is 0. The van der Waals surface area contributed by atoms with Crippen LogP contribution in [0.25, 0.3) is 32.8 Å². The first-order valence-corrected chi connectivity index (χ1v) is 7.67. The van der Waals surface area contributed by atoms with E-state index in [2.05, 4.69) is 15.0 Å². The molecule has 0 atom stereocenters. The molecule has 2 aromatic heterocycles.